The third-order valence-electron chi connectivity index (χ3n) is 3.20. The molecule has 1 aromatic heterocycles. The van der Waals surface area contributed by atoms with Crippen LogP contribution in [-0.2, 0) is 0 Å². The molecule has 0 saturated carbocycles. The van der Waals surface area contributed by atoms with E-state index < -0.39 is 0 Å². The molecule has 2 rings (SSSR count). The second-order valence-corrected chi connectivity index (χ2v) is 5.75. The van der Waals surface area contributed by atoms with Crippen molar-refractivity contribution in [3.05, 3.63) is 57.5 Å². The molecule has 1 N–H and O–H groups in total. The summed E-state index contributed by atoms with van der Waals surface area (Å²) in [7, 11) is 0. The maximum atomic E-state index is 5.81. The molecule has 1 unspecified atom stereocenters. The lowest BCUT2D eigenvalue weighted by Gasteiger charge is -2.19. The molecule has 1 heterocycles. The van der Waals surface area contributed by atoms with Crippen molar-refractivity contribution in [1.82, 2.24) is 5.32 Å². The molecule has 1 aromatic carbocycles. The Hall–Kier alpha value is -1.06. The van der Waals surface area contributed by atoms with Gasteiger partial charge in [-0.3, -0.25) is 0 Å². The molecule has 102 valence electrons. The summed E-state index contributed by atoms with van der Waals surface area (Å²) < 4.78 is 6.91. The zero-order valence-corrected chi connectivity index (χ0v) is 13.3. The first-order chi connectivity index (χ1) is 9.11. The Morgan fingerprint density at radius 2 is 2.00 bits per heavy atom. The van der Waals surface area contributed by atoms with E-state index in [1.165, 1.54) is 11.1 Å². The van der Waals surface area contributed by atoms with Gasteiger partial charge in [0.1, 0.15) is 11.5 Å². The lowest BCUT2D eigenvalue weighted by atomic mass is 9.99. The summed E-state index contributed by atoms with van der Waals surface area (Å²) in [4.78, 5) is 0. The van der Waals surface area contributed by atoms with Crippen LogP contribution >= 0.6 is 15.9 Å². The lowest BCUT2D eigenvalue weighted by molar-refractivity contribution is 0.429. The van der Waals surface area contributed by atoms with Crippen molar-refractivity contribution in [3.63, 3.8) is 0 Å². The topological polar surface area (TPSA) is 25.2 Å². The molecular formula is C16H20BrNO. The highest BCUT2D eigenvalue weighted by molar-refractivity contribution is 9.10. The summed E-state index contributed by atoms with van der Waals surface area (Å²) in [5.41, 5.74) is 2.53. The molecule has 0 fully saturated rings. The van der Waals surface area contributed by atoms with E-state index >= 15 is 0 Å². The Balaban J connectivity index is 2.39. The third kappa shape index (κ3) is 3.48. The largest absolute Gasteiger partial charge is 0.464 e. The number of halogens is 1. The second kappa shape index (κ2) is 6.40. The zero-order valence-electron chi connectivity index (χ0n) is 11.7. The molecule has 0 aliphatic carbocycles. The van der Waals surface area contributed by atoms with Crippen molar-refractivity contribution in [2.45, 2.75) is 33.2 Å². The van der Waals surface area contributed by atoms with Crippen LogP contribution in [0.1, 0.15) is 42.0 Å². The average molecular weight is 322 g/mol. The predicted octanol–water partition coefficient (Wildman–Crippen LogP) is 4.75. The number of aryl methyl sites for hydroxylation is 2. The maximum Gasteiger partial charge on any atom is 0.125 e. The van der Waals surface area contributed by atoms with Crippen LogP contribution in [0.5, 0.6) is 0 Å². The Morgan fingerprint density at radius 1 is 1.21 bits per heavy atom. The summed E-state index contributed by atoms with van der Waals surface area (Å²) >= 11 is 3.55. The summed E-state index contributed by atoms with van der Waals surface area (Å²) in [6.45, 7) is 7.26. The van der Waals surface area contributed by atoms with Crippen molar-refractivity contribution in [2.24, 2.45) is 0 Å². The zero-order chi connectivity index (χ0) is 13.8. The van der Waals surface area contributed by atoms with Gasteiger partial charge in [-0.25, -0.2) is 0 Å². The molecule has 2 nitrogen and oxygen atoms in total. The van der Waals surface area contributed by atoms with E-state index in [2.05, 4.69) is 59.4 Å². The Bertz CT molecular complexity index is 547. The minimum Gasteiger partial charge on any atom is -0.464 e. The Kier molecular flexibility index (Phi) is 4.83. The summed E-state index contributed by atoms with van der Waals surface area (Å²) in [6, 6.07) is 10.6. The van der Waals surface area contributed by atoms with Crippen LogP contribution in [0.25, 0.3) is 0 Å². The first kappa shape index (κ1) is 14.4. The van der Waals surface area contributed by atoms with E-state index in [0.717, 1.165) is 29.0 Å². The number of hydrogen-bond acceptors (Lipinski definition) is 2. The van der Waals surface area contributed by atoms with Gasteiger partial charge in [-0.15, -0.1) is 0 Å². The van der Waals surface area contributed by atoms with Gasteiger partial charge in [0.2, 0.25) is 0 Å². The number of nitrogens with one attached hydrogen (secondary N) is 1. The highest BCUT2D eigenvalue weighted by Gasteiger charge is 2.18. The summed E-state index contributed by atoms with van der Waals surface area (Å²) in [6.07, 6.45) is 1.10. The standard InChI is InChI=1S/C16H20BrNO/c1-4-9-18-16(15-8-6-12(3)19-15)14-10-13(17)7-5-11(14)2/h5-8,10,16,18H,4,9H2,1-3H3. The quantitative estimate of drug-likeness (QED) is 0.859. The Labute approximate surface area is 123 Å². The van der Waals surface area contributed by atoms with Gasteiger partial charge in [0.25, 0.3) is 0 Å². The van der Waals surface area contributed by atoms with Crippen LogP contribution in [0.3, 0.4) is 0 Å². The molecule has 0 bridgehead atoms. The first-order valence-electron chi connectivity index (χ1n) is 6.67. The van der Waals surface area contributed by atoms with Crippen molar-refractivity contribution >= 4 is 15.9 Å². The minimum absolute atomic E-state index is 0.117. The van der Waals surface area contributed by atoms with E-state index in [9.17, 15) is 0 Å². The van der Waals surface area contributed by atoms with Gasteiger partial charge in [-0.05, 0) is 62.2 Å². The molecule has 0 aliphatic heterocycles. The summed E-state index contributed by atoms with van der Waals surface area (Å²) in [5.74, 6) is 1.93. The van der Waals surface area contributed by atoms with Gasteiger partial charge in [0, 0.05) is 4.47 Å². The molecule has 0 radical (unpaired) electrons. The molecule has 0 amide bonds. The number of benzene rings is 1. The van der Waals surface area contributed by atoms with Gasteiger partial charge in [-0.2, -0.15) is 0 Å². The van der Waals surface area contributed by atoms with Crippen molar-refractivity contribution in [3.8, 4) is 0 Å². The van der Waals surface area contributed by atoms with E-state index in [1.54, 1.807) is 0 Å². The fourth-order valence-corrected chi connectivity index (χ4v) is 2.56. The number of hydrogen-bond donors (Lipinski definition) is 1. The highest BCUT2D eigenvalue weighted by Crippen LogP contribution is 2.28. The second-order valence-electron chi connectivity index (χ2n) is 4.84. The number of rotatable bonds is 5. The van der Waals surface area contributed by atoms with Crippen molar-refractivity contribution < 1.29 is 4.42 Å². The van der Waals surface area contributed by atoms with Gasteiger partial charge in [0.15, 0.2) is 0 Å². The molecule has 2 aromatic rings. The van der Waals surface area contributed by atoms with Crippen LogP contribution < -0.4 is 5.32 Å². The average Bonchev–Trinajstić information content (AvgIpc) is 2.80. The van der Waals surface area contributed by atoms with Crippen molar-refractivity contribution in [1.29, 1.82) is 0 Å². The molecule has 3 heteroatoms. The van der Waals surface area contributed by atoms with Gasteiger partial charge in [0.05, 0.1) is 6.04 Å². The van der Waals surface area contributed by atoms with E-state index in [4.69, 9.17) is 4.42 Å². The van der Waals surface area contributed by atoms with Crippen LogP contribution in [-0.4, -0.2) is 6.54 Å². The van der Waals surface area contributed by atoms with Crippen molar-refractivity contribution in [2.75, 3.05) is 6.54 Å². The minimum atomic E-state index is 0.117. The molecule has 0 spiro atoms. The van der Waals surface area contributed by atoms with E-state index in [1.807, 2.05) is 13.0 Å². The molecular weight excluding hydrogens is 302 g/mol. The first-order valence-corrected chi connectivity index (χ1v) is 7.47. The van der Waals surface area contributed by atoms with Gasteiger partial charge < -0.3 is 9.73 Å². The normalized spacial score (nSPS) is 12.6. The Morgan fingerprint density at radius 3 is 2.63 bits per heavy atom. The smallest absolute Gasteiger partial charge is 0.125 e. The van der Waals surface area contributed by atoms with Gasteiger partial charge >= 0.3 is 0 Å². The maximum absolute atomic E-state index is 5.81. The fraction of sp³-hybridized carbons (Fsp3) is 0.375. The molecule has 1 atom stereocenters. The fourth-order valence-electron chi connectivity index (χ4n) is 2.18. The van der Waals surface area contributed by atoms with E-state index in [-0.39, 0.29) is 6.04 Å². The molecule has 19 heavy (non-hydrogen) atoms. The third-order valence-corrected chi connectivity index (χ3v) is 3.69. The SMILES string of the molecule is CCCNC(c1ccc(C)o1)c1cc(Br)ccc1C. The molecule has 0 aliphatic rings. The summed E-state index contributed by atoms with van der Waals surface area (Å²) in [5, 5.41) is 3.57. The lowest BCUT2D eigenvalue weighted by Crippen LogP contribution is -2.23. The van der Waals surface area contributed by atoms with Crippen LogP contribution in [0.15, 0.2) is 39.2 Å². The predicted molar refractivity (Wildman–Crippen MR) is 82.5 cm³/mol. The monoisotopic (exact) mass is 321 g/mol. The van der Waals surface area contributed by atoms with Gasteiger partial charge in [-0.1, -0.05) is 28.9 Å². The van der Waals surface area contributed by atoms with Crippen LogP contribution in [0, 0.1) is 13.8 Å². The van der Waals surface area contributed by atoms with Crippen LogP contribution in [0.2, 0.25) is 0 Å². The number of furan rings is 1. The molecule has 0 saturated heterocycles. The highest BCUT2D eigenvalue weighted by atomic mass is 79.9. The van der Waals surface area contributed by atoms with Crippen LogP contribution in [0.4, 0.5) is 0 Å². The van der Waals surface area contributed by atoms with E-state index in [0.29, 0.717) is 0 Å².